The Balaban J connectivity index is 2.38. The van der Waals surface area contributed by atoms with Crippen LogP contribution in [0.5, 0.6) is 0 Å². The van der Waals surface area contributed by atoms with E-state index in [1.165, 1.54) is 25.3 Å². The minimum absolute atomic E-state index is 0.0919. The molecule has 0 saturated carbocycles. The van der Waals surface area contributed by atoms with Gasteiger partial charge >= 0.3 is 6.18 Å². The van der Waals surface area contributed by atoms with E-state index in [1.54, 1.807) is 4.90 Å². The van der Waals surface area contributed by atoms with Crippen LogP contribution in [0.15, 0.2) is 24.3 Å². The third-order valence-electron chi connectivity index (χ3n) is 4.50. The number of carbonyl (C=O) groups is 1. The van der Waals surface area contributed by atoms with Crippen LogP contribution in [-0.4, -0.2) is 43.7 Å². The molecule has 0 aliphatic carbocycles. The van der Waals surface area contributed by atoms with E-state index < -0.39 is 23.8 Å². The molecule has 0 radical (unpaired) electrons. The van der Waals surface area contributed by atoms with E-state index in [1.807, 2.05) is 13.8 Å². The summed E-state index contributed by atoms with van der Waals surface area (Å²) in [6.07, 6.45) is -5.19. The van der Waals surface area contributed by atoms with Crippen molar-refractivity contribution in [1.29, 1.82) is 0 Å². The number of ether oxygens (including phenoxy) is 2. The van der Waals surface area contributed by atoms with Gasteiger partial charge in [-0.2, -0.15) is 13.2 Å². The second-order valence-corrected chi connectivity index (χ2v) is 6.44. The molecule has 2 rings (SSSR count). The van der Waals surface area contributed by atoms with E-state index in [0.29, 0.717) is 26.2 Å². The second-order valence-electron chi connectivity index (χ2n) is 6.44. The molecule has 2 unspecified atom stereocenters. The van der Waals surface area contributed by atoms with Gasteiger partial charge in [-0.3, -0.25) is 4.79 Å². The summed E-state index contributed by atoms with van der Waals surface area (Å²) >= 11 is 0. The quantitative estimate of drug-likeness (QED) is 0.823. The molecule has 1 aliphatic rings. The highest BCUT2D eigenvalue weighted by Crippen LogP contribution is 2.36. The Morgan fingerprint density at radius 2 is 1.96 bits per heavy atom. The lowest BCUT2D eigenvalue weighted by molar-refractivity contribution is -0.148. The number of hydrogen-bond acceptors (Lipinski definition) is 3. The van der Waals surface area contributed by atoms with Crippen LogP contribution in [0.2, 0.25) is 0 Å². The minimum atomic E-state index is -4.55. The van der Waals surface area contributed by atoms with Crippen molar-refractivity contribution in [1.82, 2.24) is 4.90 Å². The van der Waals surface area contributed by atoms with Gasteiger partial charge in [-0.1, -0.05) is 32.0 Å². The van der Waals surface area contributed by atoms with Crippen LogP contribution < -0.4 is 0 Å². The molecule has 0 N–H and O–H groups in total. The molecule has 140 valence electrons. The van der Waals surface area contributed by atoms with Crippen molar-refractivity contribution in [2.24, 2.45) is 5.92 Å². The molecule has 7 heteroatoms. The molecule has 4 nitrogen and oxygen atoms in total. The van der Waals surface area contributed by atoms with E-state index in [2.05, 4.69) is 0 Å². The zero-order valence-corrected chi connectivity index (χ0v) is 14.7. The van der Waals surface area contributed by atoms with Gasteiger partial charge < -0.3 is 14.4 Å². The first kappa shape index (κ1) is 19.7. The SMILES string of the molecule is COC(C(=O)N1CCOCCC1C(C)C)c1ccccc1C(F)(F)F. The van der Waals surface area contributed by atoms with Crippen LogP contribution in [-0.2, 0) is 20.4 Å². The minimum Gasteiger partial charge on any atom is -0.380 e. The van der Waals surface area contributed by atoms with E-state index in [9.17, 15) is 18.0 Å². The molecule has 1 aromatic rings. The average Bonchev–Trinajstić information content (AvgIpc) is 2.81. The highest BCUT2D eigenvalue weighted by molar-refractivity contribution is 5.83. The van der Waals surface area contributed by atoms with E-state index in [-0.39, 0.29) is 17.5 Å². The molecule has 1 heterocycles. The molecule has 0 spiro atoms. The van der Waals surface area contributed by atoms with Gasteiger partial charge in [0.1, 0.15) is 0 Å². The number of benzene rings is 1. The summed E-state index contributed by atoms with van der Waals surface area (Å²) in [5.41, 5.74) is -1.00. The predicted octanol–water partition coefficient (Wildman–Crippen LogP) is 3.67. The summed E-state index contributed by atoms with van der Waals surface area (Å²) in [4.78, 5) is 14.7. The molecule has 0 aromatic heterocycles. The Morgan fingerprint density at radius 3 is 2.56 bits per heavy atom. The maximum absolute atomic E-state index is 13.3. The van der Waals surface area contributed by atoms with Crippen molar-refractivity contribution >= 4 is 5.91 Å². The number of rotatable bonds is 4. The number of alkyl halides is 3. The molecular formula is C18H24F3NO3. The first-order valence-corrected chi connectivity index (χ1v) is 8.34. The van der Waals surface area contributed by atoms with Crippen molar-refractivity contribution < 1.29 is 27.4 Å². The number of amides is 1. The number of nitrogens with zero attached hydrogens (tertiary/aromatic N) is 1. The van der Waals surface area contributed by atoms with Crippen molar-refractivity contribution in [3.63, 3.8) is 0 Å². The largest absolute Gasteiger partial charge is 0.416 e. The zero-order chi connectivity index (χ0) is 18.6. The van der Waals surface area contributed by atoms with Gasteiger partial charge in [-0.15, -0.1) is 0 Å². The Hall–Kier alpha value is -1.60. The fourth-order valence-electron chi connectivity index (χ4n) is 3.25. The number of carbonyl (C=O) groups excluding carboxylic acids is 1. The Morgan fingerprint density at radius 1 is 1.28 bits per heavy atom. The zero-order valence-electron chi connectivity index (χ0n) is 14.7. The lowest BCUT2D eigenvalue weighted by atomic mass is 9.96. The molecule has 0 bridgehead atoms. The lowest BCUT2D eigenvalue weighted by Gasteiger charge is -2.35. The molecular weight excluding hydrogens is 335 g/mol. The molecule has 2 atom stereocenters. The topological polar surface area (TPSA) is 38.8 Å². The van der Waals surface area contributed by atoms with Gasteiger partial charge in [0.2, 0.25) is 0 Å². The second kappa shape index (κ2) is 8.19. The Labute approximate surface area is 145 Å². The summed E-state index contributed by atoms with van der Waals surface area (Å²) < 4.78 is 50.6. The van der Waals surface area contributed by atoms with Gasteiger partial charge in [0.05, 0.1) is 12.2 Å². The van der Waals surface area contributed by atoms with Gasteiger partial charge in [0, 0.05) is 31.9 Å². The van der Waals surface area contributed by atoms with Crippen LogP contribution in [0.1, 0.15) is 37.5 Å². The fraction of sp³-hybridized carbons (Fsp3) is 0.611. The number of hydrogen-bond donors (Lipinski definition) is 0. The van der Waals surface area contributed by atoms with E-state index >= 15 is 0 Å². The molecule has 1 saturated heterocycles. The molecule has 1 amide bonds. The van der Waals surface area contributed by atoms with Crippen LogP contribution in [0.4, 0.5) is 13.2 Å². The van der Waals surface area contributed by atoms with Crippen molar-refractivity contribution in [3.05, 3.63) is 35.4 Å². The lowest BCUT2D eigenvalue weighted by Crippen LogP contribution is -2.46. The average molecular weight is 359 g/mol. The van der Waals surface area contributed by atoms with Crippen molar-refractivity contribution in [3.8, 4) is 0 Å². The molecule has 1 fully saturated rings. The molecule has 1 aliphatic heterocycles. The molecule has 1 aromatic carbocycles. The van der Waals surface area contributed by atoms with Gasteiger partial charge in [0.25, 0.3) is 5.91 Å². The number of methoxy groups -OCH3 is 1. The highest BCUT2D eigenvalue weighted by atomic mass is 19.4. The van der Waals surface area contributed by atoms with Crippen LogP contribution in [0.3, 0.4) is 0 Å². The Kier molecular flexibility index (Phi) is 6.46. The summed E-state index contributed by atoms with van der Waals surface area (Å²) in [7, 11) is 1.26. The van der Waals surface area contributed by atoms with Crippen LogP contribution >= 0.6 is 0 Å². The van der Waals surface area contributed by atoms with Gasteiger partial charge in [0.15, 0.2) is 6.10 Å². The standard InChI is InChI=1S/C18H24F3NO3/c1-12(2)15-8-10-25-11-9-22(15)17(23)16(24-3)13-6-4-5-7-14(13)18(19,20)21/h4-7,12,15-16H,8-11H2,1-3H3. The van der Waals surface area contributed by atoms with Crippen molar-refractivity contribution in [2.45, 2.75) is 38.6 Å². The van der Waals surface area contributed by atoms with Gasteiger partial charge in [-0.25, -0.2) is 0 Å². The summed E-state index contributed by atoms with van der Waals surface area (Å²) in [5, 5.41) is 0. The van der Waals surface area contributed by atoms with Gasteiger partial charge in [-0.05, 0) is 18.4 Å². The normalized spacial score (nSPS) is 20.4. The predicted molar refractivity (Wildman–Crippen MR) is 87.0 cm³/mol. The maximum atomic E-state index is 13.3. The first-order chi connectivity index (χ1) is 11.8. The maximum Gasteiger partial charge on any atom is 0.416 e. The van der Waals surface area contributed by atoms with Crippen molar-refractivity contribution in [2.75, 3.05) is 26.9 Å². The van der Waals surface area contributed by atoms with E-state index in [0.717, 1.165) is 6.07 Å². The third-order valence-corrected chi connectivity index (χ3v) is 4.50. The van der Waals surface area contributed by atoms with Crippen LogP contribution in [0, 0.1) is 5.92 Å². The third kappa shape index (κ3) is 4.52. The highest BCUT2D eigenvalue weighted by Gasteiger charge is 2.39. The smallest absolute Gasteiger partial charge is 0.380 e. The summed E-state index contributed by atoms with van der Waals surface area (Å²) in [6, 6.07) is 4.97. The van der Waals surface area contributed by atoms with Crippen LogP contribution in [0.25, 0.3) is 0 Å². The summed E-state index contributed by atoms with van der Waals surface area (Å²) in [6.45, 7) is 5.22. The summed E-state index contributed by atoms with van der Waals surface area (Å²) in [5.74, 6) is -0.288. The number of halogens is 3. The molecule has 25 heavy (non-hydrogen) atoms. The fourth-order valence-corrected chi connectivity index (χ4v) is 3.25. The Bertz CT molecular complexity index is 589. The monoisotopic (exact) mass is 359 g/mol. The van der Waals surface area contributed by atoms with E-state index in [4.69, 9.17) is 9.47 Å². The first-order valence-electron chi connectivity index (χ1n) is 8.34.